The Labute approximate surface area is 149 Å². The van der Waals surface area contributed by atoms with Gasteiger partial charge in [-0.3, -0.25) is 0 Å². The maximum absolute atomic E-state index is 2.49. The van der Waals surface area contributed by atoms with Gasteiger partial charge in [0.2, 0.25) is 0 Å². The predicted molar refractivity (Wildman–Crippen MR) is 108 cm³/mol. The van der Waals surface area contributed by atoms with E-state index in [1.807, 2.05) is 0 Å². The van der Waals surface area contributed by atoms with Gasteiger partial charge in [0.1, 0.15) is 0 Å². The van der Waals surface area contributed by atoms with Crippen LogP contribution in [0.25, 0.3) is 0 Å². The van der Waals surface area contributed by atoms with Gasteiger partial charge in [-0.05, 0) is 55.3 Å². The summed E-state index contributed by atoms with van der Waals surface area (Å²) in [6, 6.07) is 0. The lowest BCUT2D eigenvalue weighted by Gasteiger charge is -2.24. The molecule has 23 heavy (non-hydrogen) atoms. The normalized spacial score (nSPS) is 18.4. The number of unbranched alkanes of at least 4 members (excludes halogenated alkanes) is 4. The maximum atomic E-state index is 2.49. The second kappa shape index (κ2) is 14.4. The average Bonchev–Trinajstić information content (AvgIpc) is 2.46. The lowest BCUT2D eigenvalue weighted by Crippen LogP contribution is -2.12. The fourth-order valence-electron chi connectivity index (χ4n) is 4.42. The summed E-state index contributed by atoms with van der Waals surface area (Å²) in [5.41, 5.74) is 0. The molecule has 0 amide bonds. The van der Waals surface area contributed by atoms with Gasteiger partial charge < -0.3 is 0 Å². The van der Waals surface area contributed by atoms with Crippen LogP contribution < -0.4 is 0 Å². The number of hydrogen-bond donors (Lipinski definition) is 0. The molecular weight excluding hydrogens is 276 g/mol. The molecule has 0 spiro atoms. The van der Waals surface area contributed by atoms with Gasteiger partial charge in [-0.1, -0.05) is 93.4 Å². The highest BCUT2D eigenvalue weighted by atomic mass is 14.2. The van der Waals surface area contributed by atoms with Crippen molar-refractivity contribution in [3.63, 3.8) is 0 Å². The largest absolute Gasteiger partial charge is 0.0654 e. The highest BCUT2D eigenvalue weighted by molar-refractivity contribution is 4.67. The minimum atomic E-state index is 0.904. The molecule has 0 aliphatic rings. The Hall–Kier alpha value is 0. The van der Waals surface area contributed by atoms with Gasteiger partial charge in [0.15, 0.2) is 0 Å². The summed E-state index contributed by atoms with van der Waals surface area (Å²) in [7, 11) is 0. The standard InChI is InChI=1S/C23H48/c1-8-10-11-12-13-14-20(4)16-22(6)18-23(7)17-21(5)15-19(3)9-2/h19-23H,8-18H2,1-7H3. The monoisotopic (exact) mass is 324 g/mol. The summed E-state index contributed by atoms with van der Waals surface area (Å²) in [5, 5.41) is 0. The van der Waals surface area contributed by atoms with Crippen molar-refractivity contribution in [2.75, 3.05) is 0 Å². The van der Waals surface area contributed by atoms with E-state index in [1.54, 1.807) is 0 Å². The molecule has 0 rings (SSSR count). The number of rotatable bonds is 15. The van der Waals surface area contributed by atoms with Crippen LogP contribution >= 0.6 is 0 Å². The van der Waals surface area contributed by atoms with Crippen molar-refractivity contribution in [2.45, 2.75) is 119 Å². The molecule has 0 aliphatic heterocycles. The molecule has 0 aromatic rings. The summed E-state index contributed by atoms with van der Waals surface area (Å²) in [6.07, 6.45) is 15.7. The minimum Gasteiger partial charge on any atom is -0.0654 e. The van der Waals surface area contributed by atoms with Crippen molar-refractivity contribution < 1.29 is 0 Å². The van der Waals surface area contributed by atoms with E-state index in [1.165, 1.54) is 70.6 Å². The Morgan fingerprint density at radius 1 is 0.478 bits per heavy atom. The summed E-state index contributed by atoms with van der Waals surface area (Å²) in [5.74, 6) is 4.55. The van der Waals surface area contributed by atoms with Crippen LogP contribution in [-0.4, -0.2) is 0 Å². The van der Waals surface area contributed by atoms with Crippen LogP contribution in [0.2, 0.25) is 0 Å². The first-order chi connectivity index (χ1) is 10.9. The van der Waals surface area contributed by atoms with E-state index in [0.717, 1.165) is 29.6 Å². The van der Waals surface area contributed by atoms with Crippen molar-refractivity contribution in [1.29, 1.82) is 0 Å². The van der Waals surface area contributed by atoms with Gasteiger partial charge in [-0.15, -0.1) is 0 Å². The SMILES string of the molecule is CCCCCCCC(C)CC(C)CC(C)CC(C)CC(C)CC. The molecule has 0 radical (unpaired) electrons. The highest BCUT2D eigenvalue weighted by Crippen LogP contribution is 2.28. The quantitative estimate of drug-likeness (QED) is 0.265. The van der Waals surface area contributed by atoms with E-state index >= 15 is 0 Å². The van der Waals surface area contributed by atoms with Gasteiger partial charge >= 0.3 is 0 Å². The van der Waals surface area contributed by atoms with Crippen LogP contribution in [0, 0.1) is 29.6 Å². The summed E-state index contributed by atoms with van der Waals surface area (Å²) >= 11 is 0. The minimum absolute atomic E-state index is 0.904. The molecule has 0 fully saturated rings. The summed E-state index contributed by atoms with van der Waals surface area (Å²) < 4.78 is 0. The summed E-state index contributed by atoms with van der Waals surface area (Å²) in [4.78, 5) is 0. The topological polar surface area (TPSA) is 0 Å². The first-order valence-electron chi connectivity index (χ1n) is 10.9. The molecule has 0 aromatic carbocycles. The first-order valence-corrected chi connectivity index (χ1v) is 10.9. The molecule has 0 heteroatoms. The highest BCUT2D eigenvalue weighted by Gasteiger charge is 2.16. The van der Waals surface area contributed by atoms with Crippen molar-refractivity contribution >= 4 is 0 Å². The van der Waals surface area contributed by atoms with E-state index in [9.17, 15) is 0 Å². The zero-order chi connectivity index (χ0) is 17.7. The van der Waals surface area contributed by atoms with Gasteiger partial charge in [-0.25, -0.2) is 0 Å². The third-order valence-electron chi connectivity index (χ3n) is 5.72. The van der Waals surface area contributed by atoms with E-state index in [-0.39, 0.29) is 0 Å². The molecule has 0 aromatic heterocycles. The van der Waals surface area contributed by atoms with Crippen LogP contribution in [0.1, 0.15) is 119 Å². The Balaban J connectivity index is 3.79. The zero-order valence-electron chi connectivity index (χ0n) is 17.7. The van der Waals surface area contributed by atoms with Crippen molar-refractivity contribution in [2.24, 2.45) is 29.6 Å². The van der Waals surface area contributed by atoms with E-state index in [2.05, 4.69) is 48.5 Å². The van der Waals surface area contributed by atoms with E-state index in [4.69, 9.17) is 0 Å². The fraction of sp³-hybridized carbons (Fsp3) is 1.00. The lowest BCUT2D eigenvalue weighted by molar-refractivity contribution is 0.279. The average molecular weight is 325 g/mol. The van der Waals surface area contributed by atoms with E-state index in [0.29, 0.717) is 0 Å². The van der Waals surface area contributed by atoms with Crippen LogP contribution in [0.3, 0.4) is 0 Å². The Bertz CT molecular complexity index is 244. The molecule has 0 saturated heterocycles. The molecule has 0 nitrogen and oxygen atoms in total. The van der Waals surface area contributed by atoms with Crippen molar-refractivity contribution in [3.8, 4) is 0 Å². The second-order valence-electron chi connectivity index (χ2n) is 9.08. The molecule has 0 bridgehead atoms. The zero-order valence-corrected chi connectivity index (χ0v) is 17.7. The molecule has 5 unspecified atom stereocenters. The smallest absolute Gasteiger partial charge is 0.0438 e. The van der Waals surface area contributed by atoms with Gasteiger partial charge in [0.05, 0.1) is 0 Å². The first kappa shape index (κ1) is 23.0. The Morgan fingerprint density at radius 2 is 0.913 bits per heavy atom. The van der Waals surface area contributed by atoms with Crippen LogP contribution in [0.5, 0.6) is 0 Å². The third-order valence-corrected chi connectivity index (χ3v) is 5.72. The van der Waals surface area contributed by atoms with Crippen LogP contribution in [0.15, 0.2) is 0 Å². The lowest BCUT2D eigenvalue weighted by atomic mass is 9.82. The van der Waals surface area contributed by atoms with Gasteiger partial charge in [-0.2, -0.15) is 0 Å². The molecule has 0 saturated carbocycles. The molecule has 0 N–H and O–H groups in total. The van der Waals surface area contributed by atoms with Crippen molar-refractivity contribution in [1.82, 2.24) is 0 Å². The molecule has 0 aliphatic carbocycles. The molecular formula is C23H48. The predicted octanol–water partition coefficient (Wildman–Crippen LogP) is 8.50. The van der Waals surface area contributed by atoms with Crippen LogP contribution in [-0.2, 0) is 0 Å². The third kappa shape index (κ3) is 14.1. The molecule has 5 atom stereocenters. The van der Waals surface area contributed by atoms with E-state index < -0.39 is 0 Å². The molecule has 140 valence electrons. The molecule has 0 heterocycles. The Kier molecular flexibility index (Phi) is 14.4. The van der Waals surface area contributed by atoms with Crippen LogP contribution in [0.4, 0.5) is 0 Å². The fourth-order valence-corrected chi connectivity index (χ4v) is 4.42. The van der Waals surface area contributed by atoms with Gasteiger partial charge in [0, 0.05) is 0 Å². The number of hydrogen-bond acceptors (Lipinski definition) is 0. The van der Waals surface area contributed by atoms with Crippen molar-refractivity contribution in [3.05, 3.63) is 0 Å². The maximum Gasteiger partial charge on any atom is -0.0438 e. The van der Waals surface area contributed by atoms with Gasteiger partial charge in [0.25, 0.3) is 0 Å². The Morgan fingerprint density at radius 3 is 1.39 bits per heavy atom. The second-order valence-corrected chi connectivity index (χ2v) is 9.08. The summed E-state index contributed by atoms with van der Waals surface area (Å²) in [6.45, 7) is 17.0.